The summed E-state index contributed by atoms with van der Waals surface area (Å²) in [4.78, 5) is 22.2. The maximum Gasteiger partial charge on any atom is 0.327 e. The van der Waals surface area contributed by atoms with Crippen LogP contribution < -0.4 is 5.32 Å². The number of amides is 1. The Hall–Kier alpha value is -1.75. The van der Waals surface area contributed by atoms with Crippen molar-refractivity contribution >= 4 is 23.6 Å². The van der Waals surface area contributed by atoms with Gasteiger partial charge in [-0.25, -0.2) is 4.79 Å². The SMILES string of the molecule is C=CC/C(=C\CSC[C@H](NC(C)=O)C(=O)O)CC/C=C(\C)CCC=C(C)C. The van der Waals surface area contributed by atoms with Gasteiger partial charge >= 0.3 is 5.97 Å². The maximum absolute atomic E-state index is 11.1. The van der Waals surface area contributed by atoms with E-state index in [-0.39, 0.29) is 5.91 Å². The third-order valence-electron chi connectivity index (χ3n) is 3.91. The number of carbonyl (C=O) groups is 2. The highest BCUT2D eigenvalue weighted by Gasteiger charge is 2.17. The molecule has 0 rings (SSSR count). The average Bonchev–Trinajstić information content (AvgIpc) is 2.56. The molecule has 0 heterocycles. The van der Waals surface area contributed by atoms with Gasteiger partial charge in [0, 0.05) is 18.4 Å². The molecular formula is C22H35NO3S. The zero-order chi connectivity index (χ0) is 20.7. The minimum atomic E-state index is -0.998. The molecular weight excluding hydrogens is 358 g/mol. The van der Waals surface area contributed by atoms with Crippen LogP contribution in [0.5, 0.6) is 0 Å². The standard InChI is InChI=1S/C22H35NO3S/c1-6-9-20(13-8-12-18(4)11-7-10-17(2)3)14-15-27-16-21(22(25)26)23-19(5)24/h6,10,12,14,21H,1,7-9,11,13,15-16H2,2-5H3,(H,23,24)(H,25,26)/b18-12+,20-14+/t21-/m0/s1. The molecule has 0 aromatic carbocycles. The molecule has 152 valence electrons. The van der Waals surface area contributed by atoms with Gasteiger partial charge in [0.05, 0.1) is 0 Å². The van der Waals surface area contributed by atoms with E-state index in [1.165, 1.54) is 35.4 Å². The molecule has 27 heavy (non-hydrogen) atoms. The first-order chi connectivity index (χ1) is 12.8. The van der Waals surface area contributed by atoms with Gasteiger partial charge in [-0.15, -0.1) is 6.58 Å². The minimum absolute atomic E-state index is 0.322. The third-order valence-corrected chi connectivity index (χ3v) is 4.88. The van der Waals surface area contributed by atoms with Crippen LogP contribution in [0.4, 0.5) is 0 Å². The molecule has 0 unspecified atom stereocenters. The Morgan fingerprint density at radius 3 is 2.30 bits per heavy atom. The number of hydrogen-bond donors (Lipinski definition) is 2. The Labute approximate surface area is 168 Å². The van der Waals surface area contributed by atoms with E-state index in [2.05, 4.69) is 50.9 Å². The Balaban J connectivity index is 4.41. The molecule has 0 aliphatic heterocycles. The highest BCUT2D eigenvalue weighted by atomic mass is 32.2. The number of carbonyl (C=O) groups excluding carboxylic acids is 1. The van der Waals surface area contributed by atoms with Gasteiger partial charge in [-0.1, -0.05) is 41.0 Å². The van der Waals surface area contributed by atoms with E-state index in [1.807, 2.05) is 6.08 Å². The second-order valence-electron chi connectivity index (χ2n) is 6.89. The van der Waals surface area contributed by atoms with Crippen LogP contribution in [0.3, 0.4) is 0 Å². The fraction of sp³-hybridized carbons (Fsp3) is 0.545. The van der Waals surface area contributed by atoms with E-state index in [1.54, 1.807) is 0 Å². The molecule has 0 saturated heterocycles. The summed E-state index contributed by atoms with van der Waals surface area (Å²) < 4.78 is 0. The fourth-order valence-electron chi connectivity index (χ4n) is 2.45. The Bertz CT molecular complexity index is 572. The Morgan fingerprint density at radius 1 is 1.07 bits per heavy atom. The summed E-state index contributed by atoms with van der Waals surface area (Å²) in [6.07, 6.45) is 13.7. The van der Waals surface area contributed by atoms with Crippen molar-refractivity contribution in [3.63, 3.8) is 0 Å². The second-order valence-corrected chi connectivity index (χ2v) is 7.97. The number of carboxylic acid groups (broad SMARTS) is 1. The summed E-state index contributed by atoms with van der Waals surface area (Å²) in [5, 5.41) is 11.6. The first-order valence-electron chi connectivity index (χ1n) is 9.41. The van der Waals surface area contributed by atoms with Crippen molar-refractivity contribution in [1.82, 2.24) is 5.32 Å². The van der Waals surface area contributed by atoms with Gasteiger partial charge in [0.1, 0.15) is 6.04 Å². The van der Waals surface area contributed by atoms with Crippen LogP contribution >= 0.6 is 11.8 Å². The van der Waals surface area contributed by atoms with Crippen molar-refractivity contribution in [1.29, 1.82) is 0 Å². The lowest BCUT2D eigenvalue weighted by Gasteiger charge is -2.12. The van der Waals surface area contributed by atoms with Crippen LogP contribution in [-0.2, 0) is 9.59 Å². The average molecular weight is 394 g/mol. The monoisotopic (exact) mass is 393 g/mol. The van der Waals surface area contributed by atoms with E-state index < -0.39 is 12.0 Å². The van der Waals surface area contributed by atoms with E-state index >= 15 is 0 Å². The van der Waals surface area contributed by atoms with Crippen molar-refractivity contribution in [2.45, 2.75) is 65.8 Å². The van der Waals surface area contributed by atoms with Crippen LogP contribution in [0.2, 0.25) is 0 Å². The van der Waals surface area contributed by atoms with Crippen molar-refractivity contribution in [3.8, 4) is 0 Å². The highest BCUT2D eigenvalue weighted by Crippen LogP contribution is 2.16. The summed E-state index contributed by atoms with van der Waals surface area (Å²) in [6.45, 7) is 11.6. The Morgan fingerprint density at radius 2 is 1.74 bits per heavy atom. The van der Waals surface area contributed by atoms with Gasteiger partial charge in [-0.2, -0.15) is 11.8 Å². The summed E-state index contributed by atoms with van der Waals surface area (Å²) in [6, 6.07) is -0.838. The summed E-state index contributed by atoms with van der Waals surface area (Å²) >= 11 is 1.51. The minimum Gasteiger partial charge on any atom is -0.480 e. The van der Waals surface area contributed by atoms with Crippen molar-refractivity contribution in [2.75, 3.05) is 11.5 Å². The summed E-state index contributed by atoms with van der Waals surface area (Å²) in [5.74, 6) is -0.231. The van der Waals surface area contributed by atoms with Crippen LogP contribution in [0, 0.1) is 0 Å². The lowest BCUT2D eigenvalue weighted by atomic mass is 10.0. The zero-order valence-electron chi connectivity index (χ0n) is 17.2. The molecule has 0 fully saturated rings. The van der Waals surface area contributed by atoms with E-state index in [0.717, 1.165) is 37.9 Å². The Kier molecular flexibility index (Phi) is 14.3. The number of allylic oxidation sites excluding steroid dienone is 6. The van der Waals surface area contributed by atoms with E-state index in [9.17, 15) is 9.59 Å². The smallest absolute Gasteiger partial charge is 0.327 e. The van der Waals surface area contributed by atoms with Crippen LogP contribution in [0.1, 0.15) is 59.8 Å². The van der Waals surface area contributed by atoms with Crippen molar-refractivity contribution < 1.29 is 14.7 Å². The molecule has 4 nitrogen and oxygen atoms in total. The molecule has 0 aromatic heterocycles. The molecule has 0 spiro atoms. The highest BCUT2D eigenvalue weighted by molar-refractivity contribution is 7.99. The van der Waals surface area contributed by atoms with Crippen LogP contribution in [0.15, 0.2) is 47.6 Å². The lowest BCUT2D eigenvalue weighted by Crippen LogP contribution is -2.41. The molecule has 2 N–H and O–H groups in total. The number of carboxylic acids is 1. The first kappa shape index (κ1) is 25.2. The van der Waals surface area contributed by atoms with Gasteiger partial charge in [0.15, 0.2) is 0 Å². The third kappa shape index (κ3) is 15.0. The van der Waals surface area contributed by atoms with E-state index in [4.69, 9.17) is 5.11 Å². The van der Waals surface area contributed by atoms with Gasteiger partial charge in [-0.3, -0.25) is 4.79 Å². The summed E-state index contributed by atoms with van der Waals surface area (Å²) in [5.41, 5.74) is 4.09. The molecule has 5 heteroatoms. The number of rotatable bonds is 14. The summed E-state index contributed by atoms with van der Waals surface area (Å²) in [7, 11) is 0. The van der Waals surface area contributed by atoms with E-state index in [0.29, 0.717) is 5.75 Å². The zero-order valence-corrected chi connectivity index (χ0v) is 18.0. The number of hydrogen-bond acceptors (Lipinski definition) is 3. The predicted octanol–water partition coefficient (Wildman–Crippen LogP) is 5.28. The van der Waals surface area contributed by atoms with Gasteiger partial charge in [-0.05, 0) is 52.9 Å². The second kappa shape index (κ2) is 15.3. The molecule has 1 amide bonds. The normalized spacial score (nSPS) is 13.0. The molecule has 0 saturated carbocycles. The van der Waals surface area contributed by atoms with Crippen molar-refractivity contribution in [2.24, 2.45) is 0 Å². The van der Waals surface area contributed by atoms with Gasteiger partial charge in [0.25, 0.3) is 0 Å². The fourth-order valence-corrected chi connectivity index (χ4v) is 3.40. The molecule has 0 aromatic rings. The van der Waals surface area contributed by atoms with Crippen LogP contribution in [-0.4, -0.2) is 34.5 Å². The molecule has 0 aliphatic carbocycles. The largest absolute Gasteiger partial charge is 0.480 e. The quantitative estimate of drug-likeness (QED) is 0.311. The maximum atomic E-state index is 11.1. The molecule has 0 aliphatic rings. The van der Waals surface area contributed by atoms with Gasteiger partial charge < -0.3 is 10.4 Å². The first-order valence-corrected chi connectivity index (χ1v) is 10.6. The lowest BCUT2D eigenvalue weighted by molar-refractivity contribution is -0.140. The molecule has 0 bridgehead atoms. The predicted molar refractivity (Wildman–Crippen MR) is 117 cm³/mol. The van der Waals surface area contributed by atoms with Crippen molar-refractivity contribution in [3.05, 3.63) is 47.6 Å². The number of nitrogens with one attached hydrogen (secondary N) is 1. The number of thioether (sulfide) groups is 1. The molecule has 1 atom stereocenters. The van der Waals surface area contributed by atoms with Crippen LogP contribution in [0.25, 0.3) is 0 Å². The molecule has 0 radical (unpaired) electrons. The number of aliphatic carboxylic acids is 1. The topological polar surface area (TPSA) is 66.4 Å². The van der Waals surface area contributed by atoms with Gasteiger partial charge in [0.2, 0.25) is 5.91 Å².